The highest BCUT2D eigenvalue weighted by Crippen LogP contribution is 2.21. The van der Waals surface area contributed by atoms with Crippen LogP contribution in [-0.2, 0) is 0 Å². The van der Waals surface area contributed by atoms with Gasteiger partial charge in [-0.1, -0.05) is 30.3 Å². The van der Waals surface area contributed by atoms with Gasteiger partial charge in [0.25, 0.3) is 0 Å². The minimum atomic E-state index is -0.0594. The summed E-state index contributed by atoms with van der Waals surface area (Å²) in [6.07, 6.45) is 0. The second-order valence-electron chi connectivity index (χ2n) is 4.95. The fourth-order valence-corrected chi connectivity index (χ4v) is 2.27. The molecule has 0 fully saturated rings. The van der Waals surface area contributed by atoms with E-state index in [1.54, 1.807) is 31.4 Å². The van der Waals surface area contributed by atoms with Gasteiger partial charge in [0.1, 0.15) is 11.5 Å². The van der Waals surface area contributed by atoms with Crippen LogP contribution in [0.1, 0.15) is 10.4 Å². The van der Waals surface area contributed by atoms with E-state index >= 15 is 0 Å². The molecule has 0 saturated carbocycles. The Bertz CT molecular complexity index is 791. The van der Waals surface area contributed by atoms with Crippen LogP contribution in [0, 0.1) is 0 Å². The van der Waals surface area contributed by atoms with E-state index in [1.807, 2.05) is 42.5 Å². The Morgan fingerprint density at radius 2 is 1.55 bits per heavy atom. The lowest BCUT2D eigenvalue weighted by Gasteiger charge is -2.07. The van der Waals surface area contributed by atoms with Crippen LogP contribution < -0.4 is 9.47 Å². The predicted octanol–water partition coefficient (Wildman–Crippen LogP) is 4.11. The van der Waals surface area contributed by atoms with Crippen LogP contribution in [0.4, 0.5) is 0 Å². The highest BCUT2D eigenvalue weighted by molar-refractivity contribution is 5.97. The van der Waals surface area contributed by atoms with Crippen molar-refractivity contribution in [1.29, 1.82) is 0 Å². The quantitative estimate of drug-likeness (QED) is 0.664. The average molecular weight is 292 g/mol. The molecular formula is C19H16O3. The lowest BCUT2D eigenvalue weighted by atomic mass is 10.1. The second-order valence-corrected chi connectivity index (χ2v) is 4.95. The van der Waals surface area contributed by atoms with Gasteiger partial charge < -0.3 is 9.47 Å². The van der Waals surface area contributed by atoms with E-state index in [0.717, 1.165) is 16.5 Å². The maximum atomic E-state index is 12.1. The second kappa shape index (κ2) is 6.31. The fraction of sp³-hybridized carbons (Fsp3) is 0.105. The Labute approximate surface area is 129 Å². The van der Waals surface area contributed by atoms with Crippen molar-refractivity contribution in [2.75, 3.05) is 13.7 Å². The van der Waals surface area contributed by atoms with E-state index in [-0.39, 0.29) is 12.4 Å². The van der Waals surface area contributed by atoms with Crippen LogP contribution in [0.5, 0.6) is 11.5 Å². The lowest BCUT2D eigenvalue weighted by molar-refractivity contribution is 0.0921. The highest BCUT2D eigenvalue weighted by atomic mass is 16.5. The Morgan fingerprint density at radius 3 is 2.27 bits per heavy atom. The van der Waals surface area contributed by atoms with Gasteiger partial charge in [0.2, 0.25) is 0 Å². The van der Waals surface area contributed by atoms with Crippen LogP contribution in [0.3, 0.4) is 0 Å². The normalized spacial score (nSPS) is 10.4. The number of Topliss-reactive ketones (excluding diaryl/α,β-unsaturated/α-hetero) is 1. The van der Waals surface area contributed by atoms with Crippen molar-refractivity contribution in [2.24, 2.45) is 0 Å². The molecule has 0 heterocycles. The van der Waals surface area contributed by atoms with Crippen LogP contribution in [0.25, 0.3) is 10.8 Å². The number of ketones is 1. The van der Waals surface area contributed by atoms with Gasteiger partial charge in [-0.2, -0.15) is 0 Å². The third-order valence-corrected chi connectivity index (χ3v) is 3.50. The number of carbonyl (C=O) groups is 1. The van der Waals surface area contributed by atoms with E-state index in [4.69, 9.17) is 9.47 Å². The van der Waals surface area contributed by atoms with Gasteiger partial charge in [-0.05, 0) is 47.2 Å². The topological polar surface area (TPSA) is 35.5 Å². The van der Waals surface area contributed by atoms with Gasteiger partial charge in [-0.15, -0.1) is 0 Å². The highest BCUT2D eigenvalue weighted by Gasteiger charge is 2.07. The Kier molecular flexibility index (Phi) is 4.05. The molecule has 0 saturated heterocycles. The minimum Gasteiger partial charge on any atom is -0.497 e. The van der Waals surface area contributed by atoms with E-state index in [2.05, 4.69) is 0 Å². The summed E-state index contributed by atoms with van der Waals surface area (Å²) < 4.78 is 10.7. The summed E-state index contributed by atoms with van der Waals surface area (Å²) >= 11 is 0. The van der Waals surface area contributed by atoms with Gasteiger partial charge in [0, 0.05) is 5.56 Å². The van der Waals surface area contributed by atoms with Crippen molar-refractivity contribution >= 4 is 16.6 Å². The summed E-state index contributed by atoms with van der Waals surface area (Å²) in [5, 5.41) is 2.24. The number of hydrogen-bond donors (Lipinski definition) is 0. The standard InChI is InChI=1S/C19H16O3/c1-21-17-9-7-15(8-10-17)19(20)13-22-18-11-6-14-4-2-3-5-16(14)12-18/h2-12H,13H2,1H3. The van der Waals surface area contributed by atoms with Crippen molar-refractivity contribution < 1.29 is 14.3 Å². The zero-order valence-corrected chi connectivity index (χ0v) is 12.3. The number of carbonyl (C=O) groups excluding carboxylic acids is 1. The van der Waals surface area contributed by atoms with Gasteiger partial charge >= 0.3 is 0 Å². The average Bonchev–Trinajstić information content (AvgIpc) is 2.59. The summed E-state index contributed by atoms with van der Waals surface area (Å²) in [5.41, 5.74) is 0.613. The predicted molar refractivity (Wildman–Crippen MR) is 86.8 cm³/mol. The van der Waals surface area contributed by atoms with Gasteiger partial charge in [-0.25, -0.2) is 0 Å². The molecule has 0 unspecified atom stereocenters. The third-order valence-electron chi connectivity index (χ3n) is 3.50. The summed E-state index contributed by atoms with van der Waals surface area (Å²) in [5.74, 6) is 1.36. The largest absolute Gasteiger partial charge is 0.497 e. The molecule has 0 bridgehead atoms. The van der Waals surface area contributed by atoms with E-state index in [1.165, 1.54) is 0 Å². The number of hydrogen-bond acceptors (Lipinski definition) is 3. The first-order valence-corrected chi connectivity index (χ1v) is 7.05. The van der Waals surface area contributed by atoms with Crippen molar-refractivity contribution in [3.63, 3.8) is 0 Å². The molecule has 0 N–H and O–H groups in total. The molecular weight excluding hydrogens is 276 g/mol. The molecule has 0 aliphatic heterocycles. The molecule has 3 heteroatoms. The molecule has 0 aliphatic carbocycles. The van der Waals surface area contributed by atoms with Gasteiger partial charge in [0.05, 0.1) is 7.11 Å². The molecule has 0 spiro atoms. The Balaban J connectivity index is 1.68. The Morgan fingerprint density at radius 1 is 0.864 bits per heavy atom. The number of methoxy groups -OCH3 is 1. The summed E-state index contributed by atoms with van der Waals surface area (Å²) in [7, 11) is 1.60. The zero-order chi connectivity index (χ0) is 15.4. The van der Waals surface area contributed by atoms with Crippen molar-refractivity contribution in [1.82, 2.24) is 0 Å². The van der Waals surface area contributed by atoms with Crippen molar-refractivity contribution in [3.8, 4) is 11.5 Å². The molecule has 22 heavy (non-hydrogen) atoms. The molecule has 0 aromatic heterocycles. The monoisotopic (exact) mass is 292 g/mol. The third kappa shape index (κ3) is 3.09. The smallest absolute Gasteiger partial charge is 0.200 e. The molecule has 0 aliphatic rings. The van der Waals surface area contributed by atoms with Crippen molar-refractivity contribution in [2.45, 2.75) is 0 Å². The van der Waals surface area contributed by atoms with Crippen LogP contribution in [-0.4, -0.2) is 19.5 Å². The summed E-state index contributed by atoms with van der Waals surface area (Å²) in [6.45, 7) is 0.0185. The van der Waals surface area contributed by atoms with Crippen LogP contribution >= 0.6 is 0 Å². The zero-order valence-electron chi connectivity index (χ0n) is 12.3. The SMILES string of the molecule is COc1ccc(C(=O)COc2ccc3ccccc3c2)cc1. The van der Waals surface area contributed by atoms with Gasteiger partial charge in [-0.3, -0.25) is 4.79 Å². The number of fused-ring (bicyclic) bond motifs is 1. The molecule has 3 aromatic rings. The first-order valence-electron chi connectivity index (χ1n) is 7.05. The minimum absolute atomic E-state index is 0.0185. The molecule has 0 radical (unpaired) electrons. The molecule has 3 aromatic carbocycles. The fourth-order valence-electron chi connectivity index (χ4n) is 2.27. The van der Waals surface area contributed by atoms with Crippen LogP contribution in [0.15, 0.2) is 66.7 Å². The summed E-state index contributed by atoms with van der Waals surface area (Å²) in [4.78, 5) is 12.1. The summed E-state index contributed by atoms with van der Waals surface area (Å²) in [6, 6.07) is 20.9. The Hall–Kier alpha value is -2.81. The number of ether oxygens (including phenoxy) is 2. The van der Waals surface area contributed by atoms with E-state index < -0.39 is 0 Å². The van der Waals surface area contributed by atoms with E-state index in [0.29, 0.717) is 11.3 Å². The maximum Gasteiger partial charge on any atom is 0.200 e. The number of benzene rings is 3. The molecule has 0 atom stereocenters. The number of rotatable bonds is 5. The molecule has 3 nitrogen and oxygen atoms in total. The first-order chi connectivity index (χ1) is 10.8. The molecule has 0 amide bonds. The first kappa shape index (κ1) is 14.1. The molecule has 110 valence electrons. The maximum absolute atomic E-state index is 12.1. The molecule has 3 rings (SSSR count). The van der Waals surface area contributed by atoms with E-state index in [9.17, 15) is 4.79 Å². The van der Waals surface area contributed by atoms with Crippen molar-refractivity contribution in [3.05, 3.63) is 72.3 Å². The lowest BCUT2D eigenvalue weighted by Crippen LogP contribution is -2.11. The van der Waals surface area contributed by atoms with Gasteiger partial charge in [0.15, 0.2) is 12.4 Å². The van der Waals surface area contributed by atoms with Crippen LogP contribution in [0.2, 0.25) is 0 Å².